The summed E-state index contributed by atoms with van der Waals surface area (Å²) < 4.78 is 5.70. The molecule has 2 bridgehead atoms. The second-order valence-electron chi connectivity index (χ2n) is 12.0. The summed E-state index contributed by atoms with van der Waals surface area (Å²) in [6.45, 7) is 12.9. The summed E-state index contributed by atoms with van der Waals surface area (Å²) in [5.41, 5.74) is 6.93. The molecule has 6 nitrogen and oxygen atoms in total. The van der Waals surface area contributed by atoms with E-state index in [2.05, 4.69) is 24.8 Å². The molecule has 2 saturated heterocycles. The van der Waals surface area contributed by atoms with E-state index in [1.54, 1.807) is 0 Å². The van der Waals surface area contributed by atoms with Gasteiger partial charge in [0.25, 0.3) is 0 Å². The van der Waals surface area contributed by atoms with Crippen LogP contribution in [-0.4, -0.2) is 59.1 Å². The highest BCUT2D eigenvalue weighted by Crippen LogP contribution is 2.43. The first-order chi connectivity index (χ1) is 17.1. The quantitative estimate of drug-likeness (QED) is 0.341. The number of amides is 2. The van der Waals surface area contributed by atoms with Crippen molar-refractivity contribution < 1.29 is 14.3 Å². The summed E-state index contributed by atoms with van der Waals surface area (Å²) in [7, 11) is 0. The molecular weight excluding hydrogens is 450 g/mol. The summed E-state index contributed by atoms with van der Waals surface area (Å²) in [6, 6.07) is 9.21. The zero-order valence-electron chi connectivity index (χ0n) is 23.3. The van der Waals surface area contributed by atoms with Crippen molar-refractivity contribution in [2.75, 3.05) is 19.6 Å². The second-order valence-corrected chi connectivity index (χ2v) is 12.0. The third-order valence-electron chi connectivity index (χ3n) is 8.16. The maximum Gasteiger partial charge on any atom is 0.410 e. The molecule has 36 heavy (non-hydrogen) atoms. The van der Waals surface area contributed by atoms with Gasteiger partial charge >= 0.3 is 6.09 Å². The van der Waals surface area contributed by atoms with Gasteiger partial charge in [0.05, 0.1) is 0 Å². The normalized spacial score (nSPS) is 22.1. The summed E-state index contributed by atoms with van der Waals surface area (Å²) >= 11 is 0. The van der Waals surface area contributed by atoms with Gasteiger partial charge in [-0.15, -0.1) is 0 Å². The summed E-state index contributed by atoms with van der Waals surface area (Å²) in [5, 5.41) is 0. The number of carbonyl (C=O) groups is 2. The van der Waals surface area contributed by atoms with Crippen LogP contribution in [0.2, 0.25) is 0 Å². The van der Waals surface area contributed by atoms with Crippen LogP contribution in [0.3, 0.4) is 0 Å². The highest BCUT2D eigenvalue weighted by molar-refractivity contribution is 5.92. The number of fused-ring (bicyclic) bond motifs is 2. The Labute approximate surface area is 218 Å². The molecule has 1 aromatic rings. The van der Waals surface area contributed by atoms with Crippen LogP contribution in [0.5, 0.6) is 0 Å². The Kier molecular flexibility index (Phi) is 10.2. The van der Waals surface area contributed by atoms with Crippen LogP contribution in [-0.2, 0) is 4.74 Å². The van der Waals surface area contributed by atoms with Gasteiger partial charge in [-0.3, -0.25) is 9.69 Å². The molecule has 202 valence electrons. The van der Waals surface area contributed by atoms with E-state index in [1.165, 1.54) is 37.7 Å². The minimum atomic E-state index is -0.462. The van der Waals surface area contributed by atoms with Crippen LogP contribution in [0.15, 0.2) is 24.3 Å². The Bertz CT molecular complexity index is 847. The first kappa shape index (κ1) is 28.5. The third-order valence-corrected chi connectivity index (χ3v) is 8.16. The topological polar surface area (TPSA) is 75.9 Å². The summed E-state index contributed by atoms with van der Waals surface area (Å²) in [4.78, 5) is 29.1. The maximum atomic E-state index is 12.8. The Balaban J connectivity index is 1.46. The Morgan fingerprint density at radius 2 is 1.75 bits per heavy atom. The smallest absolute Gasteiger partial charge is 0.410 e. The van der Waals surface area contributed by atoms with Gasteiger partial charge in [-0.25, -0.2) is 4.79 Å². The Hall–Kier alpha value is -2.08. The molecule has 2 amide bonds. The number of rotatable bonds is 12. The second kappa shape index (κ2) is 12.9. The molecule has 1 aromatic carbocycles. The van der Waals surface area contributed by atoms with Gasteiger partial charge in [-0.1, -0.05) is 45.2 Å². The van der Waals surface area contributed by atoms with Crippen LogP contribution < -0.4 is 5.73 Å². The molecule has 0 radical (unpaired) electrons. The predicted molar refractivity (Wildman–Crippen MR) is 146 cm³/mol. The number of nitrogens with zero attached hydrogens (tertiary/aromatic N) is 2. The average Bonchev–Trinajstić information content (AvgIpc) is 3.06. The number of ether oxygens (including phenoxy) is 1. The molecule has 2 aliphatic rings. The number of hydrogen-bond acceptors (Lipinski definition) is 4. The lowest BCUT2D eigenvalue weighted by molar-refractivity contribution is 0.0213. The Morgan fingerprint density at radius 1 is 1.08 bits per heavy atom. The van der Waals surface area contributed by atoms with E-state index in [0.717, 1.165) is 45.3 Å². The molecule has 0 spiro atoms. The highest BCUT2D eigenvalue weighted by atomic mass is 16.6. The van der Waals surface area contributed by atoms with Crippen LogP contribution in [0.25, 0.3) is 0 Å². The molecule has 2 N–H and O–H groups in total. The van der Waals surface area contributed by atoms with E-state index in [0.29, 0.717) is 29.5 Å². The van der Waals surface area contributed by atoms with Crippen molar-refractivity contribution in [3.63, 3.8) is 0 Å². The monoisotopic (exact) mass is 499 g/mol. The van der Waals surface area contributed by atoms with E-state index < -0.39 is 5.60 Å². The van der Waals surface area contributed by atoms with E-state index in [9.17, 15) is 9.59 Å². The van der Waals surface area contributed by atoms with Crippen molar-refractivity contribution >= 4 is 12.0 Å². The fourth-order valence-corrected chi connectivity index (χ4v) is 6.07. The molecule has 2 fully saturated rings. The molecule has 0 saturated carbocycles. The number of carbonyl (C=O) groups excluding carboxylic acids is 2. The van der Waals surface area contributed by atoms with Crippen molar-refractivity contribution in [2.45, 2.75) is 116 Å². The van der Waals surface area contributed by atoms with Crippen molar-refractivity contribution in [3.8, 4) is 0 Å². The average molecular weight is 500 g/mol. The fourth-order valence-electron chi connectivity index (χ4n) is 6.07. The molecule has 1 unspecified atom stereocenters. The SMILES string of the molecule is CCC(CC)CN(CCCCCN1[C@@H]2CC[C@H]1CC(c1cccc(C(N)=O)c1)C2)C(=O)OC(C)(C)C. The first-order valence-corrected chi connectivity index (χ1v) is 14.2. The first-order valence-electron chi connectivity index (χ1n) is 14.2. The molecule has 0 aromatic heterocycles. The summed E-state index contributed by atoms with van der Waals surface area (Å²) in [5.74, 6) is 0.700. The number of nitrogens with two attached hydrogens (primary N) is 1. The van der Waals surface area contributed by atoms with Gasteiger partial charge < -0.3 is 15.4 Å². The van der Waals surface area contributed by atoms with Gasteiger partial charge in [0.1, 0.15) is 5.60 Å². The minimum Gasteiger partial charge on any atom is -0.444 e. The minimum absolute atomic E-state index is 0.171. The van der Waals surface area contributed by atoms with Gasteiger partial charge in [0.2, 0.25) is 5.91 Å². The standard InChI is InChI=1S/C30H49N3O3/c1-6-22(7-2)21-32(29(35)36-30(3,4)5)16-9-8-10-17-33-26-14-15-27(33)20-25(19-26)23-12-11-13-24(18-23)28(31)34/h11-13,18,22,25-27H,6-10,14-17,19-21H2,1-5H3,(H2,31,34)/t25?,26-,27+. The van der Waals surface area contributed by atoms with E-state index in [1.807, 2.05) is 43.9 Å². The molecule has 0 aliphatic carbocycles. The van der Waals surface area contributed by atoms with Crippen molar-refractivity contribution in [2.24, 2.45) is 11.7 Å². The van der Waals surface area contributed by atoms with E-state index in [-0.39, 0.29) is 12.0 Å². The Morgan fingerprint density at radius 3 is 2.33 bits per heavy atom. The van der Waals surface area contributed by atoms with Gasteiger partial charge in [-0.2, -0.15) is 0 Å². The largest absolute Gasteiger partial charge is 0.444 e. The van der Waals surface area contributed by atoms with E-state index >= 15 is 0 Å². The predicted octanol–water partition coefficient (Wildman–Crippen LogP) is 6.34. The van der Waals surface area contributed by atoms with Crippen molar-refractivity contribution in [1.29, 1.82) is 0 Å². The zero-order valence-corrected chi connectivity index (χ0v) is 23.3. The van der Waals surface area contributed by atoms with E-state index in [4.69, 9.17) is 10.5 Å². The molecule has 3 atom stereocenters. The van der Waals surface area contributed by atoms with Crippen LogP contribution in [0.4, 0.5) is 4.79 Å². The maximum absolute atomic E-state index is 12.8. The van der Waals surface area contributed by atoms with Gasteiger partial charge in [-0.05, 0) is 95.4 Å². The van der Waals surface area contributed by atoms with Crippen LogP contribution in [0, 0.1) is 5.92 Å². The number of hydrogen-bond donors (Lipinski definition) is 1. The van der Waals surface area contributed by atoms with Gasteiger partial charge in [0.15, 0.2) is 0 Å². The highest BCUT2D eigenvalue weighted by Gasteiger charge is 2.40. The van der Waals surface area contributed by atoms with Crippen molar-refractivity contribution in [3.05, 3.63) is 35.4 Å². The van der Waals surface area contributed by atoms with Crippen molar-refractivity contribution in [1.82, 2.24) is 9.80 Å². The number of piperidine rings is 1. The lowest BCUT2D eigenvalue weighted by Gasteiger charge is -2.39. The number of unbranched alkanes of at least 4 members (excludes halogenated alkanes) is 2. The van der Waals surface area contributed by atoms with Gasteiger partial charge in [0, 0.05) is 30.7 Å². The molecular formula is C30H49N3O3. The lowest BCUT2D eigenvalue weighted by Crippen LogP contribution is -2.42. The molecule has 2 heterocycles. The van der Waals surface area contributed by atoms with Crippen LogP contribution >= 0.6 is 0 Å². The lowest BCUT2D eigenvalue weighted by atomic mass is 9.84. The zero-order chi connectivity index (χ0) is 26.3. The third kappa shape index (κ3) is 7.96. The fraction of sp³-hybridized carbons (Fsp3) is 0.733. The summed E-state index contributed by atoms with van der Waals surface area (Å²) in [6.07, 6.45) is 10.2. The molecule has 3 rings (SSSR count). The molecule has 2 aliphatic heterocycles. The van der Waals surface area contributed by atoms with Crippen LogP contribution in [0.1, 0.15) is 114 Å². The number of primary amides is 1. The molecule has 6 heteroatoms. The number of benzene rings is 1.